The molecule has 2 aromatic heterocycles. The third-order valence-corrected chi connectivity index (χ3v) is 12.2. The number of rotatable bonds is 4. The van der Waals surface area contributed by atoms with Crippen LogP contribution < -0.4 is 0 Å². The van der Waals surface area contributed by atoms with E-state index in [1.807, 2.05) is 23.9 Å². The normalized spacial score (nSPS) is 11.9. The first-order valence-electron chi connectivity index (χ1n) is 18.2. The highest BCUT2D eigenvalue weighted by molar-refractivity contribution is 7.26. The summed E-state index contributed by atoms with van der Waals surface area (Å²) >= 11 is 1.88. The van der Waals surface area contributed by atoms with Crippen LogP contribution in [-0.2, 0) is 0 Å². The third-order valence-electron chi connectivity index (χ3n) is 11.1. The molecule has 0 atom stereocenters. The zero-order valence-corrected chi connectivity index (χ0v) is 29.9. The van der Waals surface area contributed by atoms with E-state index in [0.29, 0.717) is 0 Å². The molecule has 248 valence electrons. The van der Waals surface area contributed by atoms with Gasteiger partial charge in [-0.3, -0.25) is 0 Å². The van der Waals surface area contributed by atoms with Crippen LogP contribution in [0.25, 0.3) is 108 Å². The largest absolute Gasteiger partial charge is 0.472 e. The maximum absolute atomic E-state index is 5.74. The molecule has 9 aromatic carbocycles. The lowest BCUT2D eigenvalue weighted by molar-refractivity contribution is 0.566. The summed E-state index contributed by atoms with van der Waals surface area (Å²) in [6, 6.07) is 60.5. The molecule has 11 aromatic rings. The van der Waals surface area contributed by atoms with Gasteiger partial charge < -0.3 is 4.42 Å². The van der Waals surface area contributed by atoms with Crippen LogP contribution in [0, 0.1) is 6.92 Å². The van der Waals surface area contributed by atoms with Crippen molar-refractivity contribution in [2.24, 2.45) is 0 Å². The molecule has 0 radical (unpaired) electrons. The monoisotopic (exact) mass is 692 g/mol. The van der Waals surface area contributed by atoms with Gasteiger partial charge in [0, 0.05) is 31.3 Å². The number of hydrogen-bond acceptors (Lipinski definition) is 2. The van der Waals surface area contributed by atoms with Gasteiger partial charge in [-0.1, -0.05) is 146 Å². The van der Waals surface area contributed by atoms with Crippen LogP contribution in [0.4, 0.5) is 0 Å². The predicted octanol–water partition coefficient (Wildman–Crippen LogP) is 15.2. The smallest absolute Gasteiger partial charge is 0.0984 e. The van der Waals surface area contributed by atoms with Gasteiger partial charge in [-0.2, -0.15) is 0 Å². The highest BCUT2D eigenvalue weighted by Crippen LogP contribution is 2.50. The van der Waals surface area contributed by atoms with Crippen molar-refractivity contribution in [3.8, 4) is 44.5 Å². The molecule has 2 heterocycles. The number of fused-ring (bicyclic) bond motifs is 7. The second kappa shape index (κ2) is 11.8. The van der Waals surface area contributed by atoms with Gasteiger partial charge in [0.15, 0.2) is 0 Å². The molecule has 0 spiro atoms. The van der Waals surface area contributed by atoms with Gasteiger partial charge in [0.05, 0.1) is 12.5 Å². The fraction of sp³-hybridized carbons (Fsp3) is 0.0196. The lowest BCUT2D eigenvalue weighted by Crippen LogP contribution is -1.91. The van der Waals surface area contributed by atoms with Gasteiger partial charge in [0.1, 0.15) is 0 Å². The van der Waals surface area contributed by atoms with E-state index in [1.54, 1.807) is 0 Å². The molecule has 1 nitrogen and oxygen atoms in total. The molecule has 0 aliphatic carbocycles. The van der Waals surface area contributed by atoms with Crippen molar-refractivity contribution in [2.45, 2.75) is 6.92 Å². The fourth-order valence-electron chi connectivity index (χ4n) is 8.87. The summed E-state index contributed by atoms with van der Waals surface area (Å²) in [7, 11) is 0. The summed E-state index contributed by atoms with van der Waals surface area (Å²) in [6.45, 7) is 2.13. The van der Waals surface area contributed by atoms with E-state index in [0.717, 1.165) is 11.1 Å². The second-order valence-electron chi connectivity index (χ2n) is 14.0. The molecule has 2 heteroatoms. The molecule has 0 unspecified atom stereocenters. The Labute approximate surface area is 311 Å². The number of benzene rings is 9. The number of thiophene rings is 1. The Morgan fingerprint density at radius 3 is 1.38 bits per heavy atom. The highest BCUT2D eigenvalue weighted by Gasteiger charge is 2.22. The molecule has 0 saturated heterocycles. The van der Waals surface area contributed by atoms with Gasteiger partial charge in [-0.25, -0.2) is 0 Å². The maximum Gasteiger partial charge on any atom is 0.0984 e. The van der Waals surface area contributed by atoms with Crippen LogP contribution in [-0.4, -0.2) is 0 Å². The van der Waals surface area contributed by atoms with E-state index < -0.39 is 0 Å². The summed E-state index contributed by atoms with van der Waals surface area (Å²) in [5, 5.41) is 12.7. The SMILES string of the molecule is Cc1cocc1-c1c2ccccc2c(-c2cccc3sc4ccc(-c5c6ccccc6c(-c6ccccc6)c6ccccc56)cc4c23)c2ccccc12. The van der Waals surface area contributed by atoms with Crippen molar-refractivity contribution in [1.82, 2.24) is 0 Å². The molecule has 0 aliphatic rings. The van der Waals surface area contributed by atoms with Gasteiger partial charge in [-0.15, -0.1) is 11.3 Å². The Bertz CT molecular complexity index is 3120. The van der Waals surface area contributed by atoms with E-state index >= 15 is 0 Å². The minimum atomic E-state index is 1.14. The minimum Gasteiger partial charge on any atom is -0.472 e. The number of aryl methyl sites for hydroxylation is 1. The zero-order valence-electron chi connectivity index (χ0n) is 29.1. The first-order valence-corrected chi connectivity index (χ1v) is 19.0. The van der Waals surface area contributed by atoms with Crippen LogP contribution in [0.2, 0.25) is 0 Å². The Kier molecular flexibility index (Phi) is 6.71. The second-order valence-corrected chi connectivity index (χ2v) is 15.1. The van der Waals surface area contributed by atoms with Crippen molar-refractivity contribution in [3.05, 3.63) is 182 Å². The molecule has 0 amide bonds. The molecule has 0 saturated carbocycles. The molecule has 0 fully saturated rings. The van der Waals surface area contributed by atoms with Crippen molar-refractivity contribution >= 4 is 74.6 Å². The van der Waals surface area contributed by atoms with Gasteiger partial charge in [0.2, 0.25) is 0 Å². The van der Waals surface area contributed by atoms with Crippen LogP contribution in [0.1, 0.15) is 5.56 Å². The Balaban J connectivity index is 1.23. The molecule has 0 aliphatic heterocycles. The van der Waals surface area contributed by atoms with Crippen molar-refractivity contribution in [3.63, 3.8) is 0 Å². The molecule has 0 N–H and O–H groups in total. The molecular formula is C51H32OS. The molecule has 0 bridgehead atoms. The number of furan rings is 1. The van der Waals surface area contributed by atoms with E-state index in [-0.39, 0.29) is 0 Å². The van der Waals surface area contributed by atoms with Gasteiger partial charge in [0.25, 0.3) is 0 Å². The first-order chi connectivity index (χ1) is 26.2. The number of hydrogen-bond donors (Lipinski definition) is 0. The Hall–Kier alpha value is -6.48. The zero-order chi connectivity index (χ0) is 35.0. The molecule has 53 heavy (non-hydrogen) atoms. The predicted molar refractivity (Wildman–Crippen MR) is 228 cm³/mol. The average Bonchev–Trinajstić information content (AvgIpc) is 3.81. The lowest BCUT2D eigenvalue weighted by atomic mass is 9.84. The highest BCUT2D eigenvalue weighted by atomic mass is 32.1. The van der Waals surface area contributed by atoms with Gasteiger partial charge >= 0.3 is 0 Å². The maximum atomic E-state index is 5.74. The molecular weight excluding hydrogens is 661 g/mol. The lowest BCUT2D eigenvalue weighted by Gasteiger charge is -2.18. The fourth-order valence-corrected chi connectivity index (χ4v) is 9.98. The topological polar surface area (TPSA) is 13.1 Å². The average molecular weight is 693 g/mol. The van der Waals surface area contributed by atoms with E-state index in [4.69, 9.17) is 4.42 Å². The summed E-state index contributed by atoms with van der Waals surface area (Å²) in [6.07, 6.45) is 3.75. The summed E-state index contributed by atoms with van der Waals surface area (Å²) in [5.41, 5.74) is 11.1. The van der Waals surface area contributed by atoms with Crippen LogP contribution in [0.5, 0.6) is 0 Å². The minimum absolute atomic E-state index is 1.14. The quantitative estimate of drug-likeness (QED) is 0.167. The van der Waals surface area contributed by atoms with Crippen molar-refractivity contribution < 1.29 is 4.42 Å². The summed E-state index contributed by atoms with van der Waals surface area (Å²) < 4.78 is 8.33. The van der Waals surface area contributed by atoms with E-state index in [2.05, 4.69) is 171 Å². The summed E-state index contributed by atoms with van der Waals surface area (Å²) in [4.78, 5) is 0. The first kappa shape index (κ1) is 30.2. The van der Waals surface area contributed by atoms with Crippen LogP contribution in [0.3, 0.4) is 0 Å². The van der Waals surface area contributed by atoms with Crippen molar-refractivity contribution in [1.29, 1.82) is 0 Å². The molecule has 11 rings (SSSR count). The Morgan fingerprint density at radius 1 is 0.358 bits per heavy atom. The van der Waals surface area contributed by atoms with Crippen LogP contribution in [0.15, 0.2) is 181 Å². The van der Waals surface area contributed by atoms with Crippen molar-refractivity contribution in [2.75, 3.05) is 0 Å². The van der Waals surface area contributed by atoms with Gasteiger partial charge in [-0.05, 0) is 107 Å². The van der Waals surface area contributed by atoms with E-state index in [9.17, 15) is 0 Å². The standard InChI is InChI=1S/C51H32OS/c1-31-29-52-30-44(31)50-40-22-11-9-20-38(40)49(39-21-10-12-23-41(39)50)42-24-13-25-46-51(42)43-28-33(26-27-45(43)53-46)48-36-18-7-5-16-34(36)47(32-14-3-2-4-15-32)35-17-6-8-19-37(35)48/h2-30H,1H3. The van der Waals surface area contributed by atoms with Crippen LogP contribution >= 0.6 is 11.3 Å². The van der Waals surface area contributed by atoms with E-state index in [1.165, 1.54) is 102 Å². The summed E-state index contributed by atoms with van der Waals surface area (Å²) in [5.74, 6) is 0. The Morgan fingerprint density at radius 2 is 0.849 bits per heavy atom. The third kappa shape index (κ3) is 4.49.